The lowest BCUT2D eigenvalue weighted by atomic mass is 10.2. The molecule has 88 valence electrons. The fourth-order valence-electron chi connectivity index (χ4n) is 1.42. The van der Waals surface area contributed by atoms with Gasteiger partial charge in [0, 0.05) is 9.79 Å². The highest BCUT2D eigenvalue weighted by molar-refractivity contribution is 7.99. The van der Waals surface area contributed by atoms with E-state index < -0.39 is 5.82 Å². The van der Waals surface area contributed by atoms with Crippen LogP contribution in [0, 0.1) is 11.6 Å². The van der Waals surface area contributed by atoms with Gasteiger partial charge in [0.05, 0.1) is 6.61 Å². The predicted molar refractivity (Wildman–Crippen MR) is 62.8 cm³/mol. The summed E-state index contributed by atoms with van der Waals surface area (Å²) >= 11 is 1.17. The molecule has 0 bridgehead atoms. The van der Waals surface area contributed by atoms with Gasteiger partial charge in [0.2, 0.25) is 0 Å². The van der Waals surface area contributed by atoms with Crippen molar-refractivity contribution in [2.45, 2.75) is 16.4 Å². The molecule has 0 saturated heterocycles. The molecule has 17 heavy (non-hydrogen) atoms. The van der Waals surface area contributed by atoms with Gasteiger partial charge < -0.3 is 5.11 Å². The first kappa shape index (κ1) is 12.1. The first-order valence-electron chi connectivity index (χ1n) is 5.02. The van der Waals surface area contributed by atoms with Crippen LogP contribution in [0.25, 0.3) is 0 Å². The molecular weight excluding hydrogens is 242 g/mol. The van der Waals surface area contributed by atoms with Crippen LogP contribution in [0.2, 0.25) is 0 Å². The third kappa shape index (κ3) is 2.84. The first-order valence-corrected chi connectivity index (χ1v) is 5.84. The Morgan fingerprint density at radius 3 is 2.47 bits per heavy atom. The van der Waals surface area contributed by atoms with Crippen molar-refractivity contribution in [3.05, 3.63) is 59.7 Å². The quantitative estimate of drug-likeness (QED) is 0.900. The van der Waals surface area contributed by atoms with Crippen molar-refractivity contribution in [1.82, 2.24) is 0 Å². The molecule has 0 heterocycles. The minimum Gasteiger partial charge on any atom is -0.392 e. The minimum atomic E-state index is -0.410. The Bertz CT molecular complexity index is 529. The zero-order chi connectivity index (χ0) is 12.3. The number of halogens is 2. The molecule has 2 aromatic rings. The van der Waals surface area contributed by atoms with Gasteiger partial charge in [0.15, 0.2) is 0 Å². The summed E-state index contributed by atoms with van der Waals surface area (Å²) in [5.41, 5.74) is 0.457. The number of aliphatic hydroxyl groups excluding tert-OH is 1. The van der Waals surface area contributed by atoms with Gasteiger partial charge in [-0.15, -0.1) is 0 Å². The number of benzene rings is 2. The van der Waals surface area contributed by atoms with Gasteiger partial charge in [-0.3, -0.25) is 0 Å². The SMILES string of the molecule is OCc1cc(F)ccc1Sc1ccccc1F. The lowest BCUT2D eigenvalue weighted by molar-refractivity contribution is 0.278. The van der Waals surface area contributed by atoms with E-state index >= 15 is 0 Å². The molecule has 0 aliphatic heterocycles. The van der Waals surface area contributed by atoms with Crippen molar-refractivity contribution in [3.63, 3.8) is 0 Å². The van der Waals surface area contributed by atoms with E-state index in [4.69, 9.17) is 5.11 Å². The molecule has 0 atom stereocenters. The summed E-state index contributed by atoms with van der Waals surface area (Å²) in [6.45, 7) is -0.269. The Morgan fingerprint density at radius 2 is 1.76 bits per heavy atom. The van der Waals surface area contributed by atoms with E-state index in [1.54, 1.807) is 18.2 Å². The Labute approximate surface area is 102 Å². The second kappa shape index (κ2) is 5.29. The van der Waals surface area contributed by atoms with Crippen LogP contribution >= 0.6 is 11.8 Å². The highest BCUT2D eigenvalue weighted by atomic mass is 32.2. The number of rotatable bonds is 3. The molecule has 2 rings (SSSR count). The van der Waals surface area contributed by atoms with Gasteiger partial charge in [0.25, 0.3) is 0 Å². The van der Waals surface area contributed by atoms with Gasteiger partial charge in [-0.1, -0.05) is 23.9 Å². The van der Waals surface area contributed by atoms with Crippen molar-refractivity contribution in [2.75, 3.05) is 0 Å². The molecule has 0 aliphatic rings. The van der Waals surface area contributed by atoms with Crippen LogP contribution < -0.4 is 0 Å². The van der Waals surface area contributed by atoms with E-state index in [0.29, 0.717) is 15.4 Å². The molecule has 0 spiro atoms. The Hall–Kier alpha value is -1.39. The van der Waals surface area contributed by atoms with Crippen LogP contribution in [0.4, 0.5) is 8.78 Å². The van der Waals surface area contributed by atoms with Crippen molar-refractivity contribution in [2.24, 2.45) is 0 Å². The van der Waals surface area contributed by atoms with Crippen molar-refractivity contribution < 1.29 is 13.9 Å². The normalized spacial score (nSPS) is 10.5. The van der Waals surface area contributed by atoms with Crippen LogP contribution in [-0.4, -0.2) is 5.11 Å². The fourth-order valence-corrected chi connectivity index (χ4v) is 2.36. The van der Waals surface area contributed by atoms with E-state index in [0.717, 1.165) is 0 Å². The second-order valence-electron chi connectivity index (χ2n) is 3.44. The van der Waals surface area contributed by atoms with Crippen molar-refractivity contribution >= 4 is 11.8 Å². The van der Waals surface area contributed by atoms with E-state index in [1.807, 2.05) is 0 Å². The predicted octanol–water partition coefficient (Wildman–Crippen LogP) is 3.61. The van der Waals surface area contributed by atoms with Crippen LogP contribution in [0.3, 0.4) is 0 Å². The average molecular weight is 252 g/mol. The Kier molecular flexibility index (Phi) is 3.76. The van der Waals surface area contributed by atoms with E-state index in [-0.39, 0.29) is 12.4 Å². The molecule has 0 aliphatic carbocycles. The van der Waals surface area contributed by atoms with E-state index in [1.165, 1.54) is 36.0 Å². The molecule has 1 N–H and O–H groups in total. The van der Waals surface area contributed by atoms with Gasteiger partial charge in [-0.05, 0) is 35.9 Å². The summed E-state index contributed by atoms with van der Waals surface area (Å²) in [5, 5.41) is 9.12. The summed E-state index contributed by atoms with van der Waals surface area (Å²) in [6.07, 6.45) is 0. The van der Waals surface area contributed by atoms with Crippen molar-refractivity contribution in [1.29, 1.82) is 0 Å². The molecular formula is C13H10F2OS. The van der Waals surface area contributed by atoms with Crippen LogP contribution in [-0.2, 0) is 6.61 Å². The third-order valence-electron chi connectivity index (χ3n) is 2.25. The van der Waals surface area contributed by atoms with Gasteiger partial charge >= 0.3 is 0 Å². The largest absolute Gasteiger partial charge is 0.392 e. The summed E-state index contributed by atoms with van der Waals surface area (Å²) in [4.78, 5) is 1.10. The average Bonchev–Trinajstić information content (AvgIpc) is 2.34. The van der Waals surface area contributed by atoms with Crippen molar-refractivity contribution in [3.8, 4) is 0 Å². The van der Waals surface area contributed by atoms with Gasteiger partial charge in [-0.25, -0.2) is 8.78 Å². The standard InChI is InChI=1S/C13H10F2OS/c14-10-5-6-12(9(7-10)8-16)17-13-4-2-1-3-11(13)15/h1-7,16H,8H2. The molecule has 4 heteroatoms. The monoisotopic (exact) mass is 252 g/mol. The molecule has 1 nitrogen and oxygen atoms in total. The molecule has 2 aromatic carbocycles. The lowest BCUT2D eigenvalue weighted by Crippen LogP contribution is -1.90. The van der Waals surface area contributed by atoms with Crippen LogP contribution in [0.5, 0.6) is 0 Å². The number of hydrogen-bond acceptors (Lipinski definition) is 2. The van der Waals surface area contributed by atoms with Crippen LogP contribution in [0.15, 0.2) is 52.3 Å². The smallest absolute Gasteiger partial charge is 0.137 e. The first-order chi connectivity index (χ1) is 8.20. The molecule has 0 saturated carbocycles. The molecule has 0 fully saturated rings. The zero-order valence-corrected chi connectivity index (χ0v) is 9.68. The fraction of sp³-hybridized carbons (Fsp3) is 0.0769. The second-order valence-corrected chi connectivity index (χ2v) is 4.53. The summed E-state index contributed by atoms with van der Waals surface area (Å²) < 4.78 is 26.4. The maximum Gasteiger partial charge on any atom is 0.137 e. The zero-order valence-electron chi connectivity index (χ0n) is 8.86. The van der Waals surface area contributed by atoms with Crippen LogP contribution in [0.1, 0.15) is 5.56 Å². The Balaban J connectivity index is 2.33. The Morgan fingerprint density at radius 1 is 1.00 bits per heavy atom. The molecule has 0 radical (unpaired) electrons. The highest BCUT2D eigenvalue weighted by Gasteiger charge is 2.08. The molecule has 0 amide bonds. The molecule has 0 aromatic heterocycles. The van der Waals surface area contributed by atoms with E-state index in [2.05, 4.69) is 0 Å². The number of hydrogen-bond donors (Lipinski definition) is 1. The molecule has 0 unspecified atom stereocenters. The lowest BCUT2D eigenvalue weighted by Gasteiger charge is -2.07. The van der Waals surface area contributed by atoms with Gasteiger partial charge in [-0.2, -0.15) is 0 Å². The minimum absolute atomic E-state index is 0.269. The third-order valence-corrected chi connectivity index (χ3v) is 3.42. The summed E-state index contributed by atoms with van der Waals surface area (Å²) in [7, 11) is 0. The van der Waals surface area contributed by atoms with Gasteiger partial charge in [0.1, 0.15) is 11.6 Å². The maximum atomic E-state index is 13.4. The summed E-state index contributed by atoms with van der Waals surface area (Å²) in [5.74, 6) is -0.738. The highest BCUT2D eigenvalue weighted by Crippen LogP contribution is 2.32. The number of aliphatic hydroxyl groups is 1. The topological polar surface area (TPSA) is 20.2 Å². The summed E-state index contributed by atoms with van der Waals surface area (Å²) in [6, 6.07) is 10.4. The maximum absolute atomic E-state index is 13.4. The van der Waals surface area contributed by atoms with E-state index in [9.17, 15) is 8.78 Å².